The number of ether oxygens (including phenoxy) is 1. The topological polar surface area (TPSA) is 29.5 Å². The number of unbranched alkanes of at least 4 members (excludes halogenated alkanes) is 1. The van der Waals surface area contributed by atoms with Gasteiger partial charge in [0.15, 0.2) is 0 Å². The van der Waals surface area contributed by atoms with E-state index in [1.54, 1.807) is 0 Å². The molecule has 0 amide bonds. The number of aliphatic hydroxyl groups excluding tert-OH is 1. The summed E-state index contributed by atoms with van der Waals surface area (Å²) in [6, 6.07) is 0. The highest BCUT2D eigenvalue weighted by Gasteiger charge is 2.06. The molecule has 0 rings (SSSR count). The van der Waals surface area contributed by atoms with E-state index in [1.807, 2.05) is 0 Å². The first kappa shape index (κ1) is 14.9. The average molecular weight is 216 g/mol. The van der Waals surface area contributed by atoms with Crippen molar-refractivity contribution in [2.24, 2.45) is 5.92 Å². The van der Waals surface area contributed by atoms with Crippen molar-refractivity contribution in [1.29, 1.82) is 0 Å². The molecule has 2 heteroatoms. The van der Waals surface area contributed by atoms with Crippen molar-refractivity contribution in [3.8, 4) is 0 Å². The summed E-state index contributed by atoms with van der Waals surface area (Å²) in [6.07, 6.45) is 7.44. The Bertz CT molecular complexity index is 126. The second kappa shape index (κ2) is 10.4. The van der Waals surface area contributed by atoms with Crippen LogP contribution in [-0.4, -0.2) is 24.4 Å². The van der Waals surface area contributed by atoms with E-state index in [-0.39, 0.29) is 0 Å². The summed E-state index contributed by atoms with van der Waals surface area (Å²) in [5.74, 6) is 0.421. The fraction of sp³-hybridized carbons (Fsp3) is 1.00. The van der Waals surface area contributed by atoms with Gasteiger partial charge in [-0.25, -0.2) is 0 Å². The van der Waals surface area contributed by atoms with Crippen LogP contribution in [0.3, 0.4) is 0 Å². The minimum Gasteiger partial charge on any atom is -0.396 e. The van der Waals surface area contributed by atoms with Gasteiger partial charge in [0, 0.05) is 13.2 Å². The van der Waals surface area contributed by atoms with Gasteiger partial charge in [0.25, 0.3) is 0 Å². The number of rotatable bonds is 10. The summed E-state index contributed by atoms with van der Waals surface area (Å²) < 4.78 is 5.81. The van der Waals surface area contributed by atoms with E-state index in [4.69, 9.17) is 9.84 Å². The van der Waals surface area contributed by atoms with Crippen molar-refractivity contribution in [2.45, 2.75) is 65.4 Å². The Morgan fingerprint density at radius 1 is 1.13 bits per heavy atom. The lowest BCUT2D eigenvalue weighted by Crippen LogP contribution is -2.13. The summed E-state index contributed by atoms with van der Waals surface area (Å²) in [4.78, 5) is 0. The molecule has 0 aromatic heterocycles. The molecule has 15 heavy (non-hydrogen) atoms. The van der Waals surface area contributed by atoms with Gasteiger partial charge < -0.3 is 9.84 Å². The fourth-order valence-electron chi connectivity index (χ4n) is 1.61. The fourth-order valence-corrected chi connectivity index (χ4v) is 1.61. The molecule has 0 aromatic carbocycles. The van der Waals surface area contributed by atoms with Crippen LogP contribution in [0.1, 0.15) is 59.3 Å². The van der Waals surface area contributed by atoms with Crippen molar-refractivity contribution >= 4 is 0 Å². The highest BCUT2D eigenvalue weighted by atomic mass is 16.5. The zero-order valence-corrected chi connectivity index (χ0v) is 10.7. The number of aliphatic hydroxyl groups is 1. The summed E-state index contributed by atoms with van der Waals surface area (Å²) in [7, 11) is 0. The molecular formula is C13H28O2. The van der Waals surface area contributed by atoms with E-state index >= 15 is 0 Å². The van der Waals surface area contributed by atoms with E-state index in [9.17, 15) is 0 Å². The zero-order chi connectivity index (χ0) is 11.5. The van der Waals surface area contributed by atoms with Crippen LogP contribution in [-0.2, 0) is 4.74 Å². The van der Waals surface area contributed by atoms with Gasteiger partial charge in [-0.3, -0.25) is 0 Å². The van der Waals surface area contributed by atoms with Gasteiger partial charge in [-0.1, -0.05) is 33.6 Å². The molecule has 0 aliphatic heterocycles. The largest absolute Gasteiger partial charge is 0.396 e. The van der Waals surface area contributed by atoms with E-state index in [1.165, 1.54) is 19.3 Å². The van der Waals surface area contributed by atoms with E-state index in [0.717, 1.165) is 25.9 Å². The van der Waals surface area contributed by atoms with Crippen LogP contribution >= 0.6 is 0 Å². The van der Waals surface area contributed by atoms with Crippen molar-refractivity contribution in [3.05, 3.63) is 0 Å². The third kappa shape index (κ3) is 8.88. The Kier molecular flexibility index (Phi) is 10.4. The maximum Gasteiger partial charge on any atom is 0.0572 e. The molecule has 0 heterocycles. The predicted octanol–water partition coefficient (Wildman–Crippen LogP) is 3.38. The molecule has 92 valence electrons. The van der Waals surface area contributed by atoms with Gasteiger partial charge >= 0.3 is 0 Å². The lowest BCUT2D eigenvalue weighted by atomic mass is 10.1. The summed E-state index contributed by atoms with van der Waals surface area (Å²) >= 11 is 0. The molecule has 1 N–H and O–H groups in total. The maximum absolute atomic E-state index is 8.86. The molecule has 0 aliphatic carbocycles. The smallest absolute Gasteiger partial charge is 0.0572 e. The van der Waals surface area contributed by atoms with Crippen molar-refractivity contribution in [3.63, 3.8) is 0 Å². The summed E-state index contributed by atoms with van der Waals surface area (Å²) in [6.45, 7) is 7.64. The maximum atomic E-state index is 8.86. The van der Waals surface area contributed by atoms with Crippen LogP contribution in [0, 0.1) is 5.92 Å². The second-order valence-electron chi connectivity index (χ2n) is 4.47. The minimum atomic E-state index is 0.299. The van der Waals surface area contributed by atoms with Gasteiger partial charge in [-0.05, 0) is 31.6 Å². The SMILES string of the molecule is CCCCC(CC)OCCCC(C)CO. The summed E-state index contributed by atoms with van der Waals surface area (Å²) in [5, 5.41) is 8.86. The van der Waals surface area contributed by atoms with Gasteiger partial charge in [0.1, 0.15) is 0 Å². The number of hydrogen-bond acceptors (Lipinski definition) is 2. The van der Waals surface area contributed by atoms with Crippen molar-refractivity contribution in [2.75, 3.05) is 13.2 Å². The van der Waals surface area contributed by atoms with Gasteiger partial charge in [-0.2, -0.15) is 0 Å². The Hall–Kier alpha value is -0.0800. The highest BCUT2D eigenvalue weighted by molar-refractivity contribution is 4.56. The van der Waals surface area contributed by atoms with Gasteiger partial charge in [0.05, 0.1) is 6.10 Å². The van der Waals surface area contributed by atoms with E-state index < -0.39 is 0 Å². The van der Waals surface area contributed by atoms with Crippen LogP contribution in [0.2, 0.25) is 0 Å². The van der Waals surface area contributed by atoms with Gasteiger partial charge in [-0.15, -0.1) is 0 Å². The first-order valence-electron chi connectivity index (χ1n) is 6.47. The molecule has 0 aromatic rings. The van der Waals surface area contributed by atoms with Crippen LogP contribution in [0.15, 0.2) is 0 Å². The molecule has 0 fully saturated rings. The third-order valence-corrected chi connectivity index (χ3v) is 2.84. The lowest BCUT2D eigenvalue weighted by molar-refractivity contribution is 0.0386. The van der Waals surface area contributed by atoms with E-state index in [2.05, 4.69) is 20.8 Å². The average Bonchev–Trinajstić information content (AvgIpc) is 2.27. The van der Waals surface area contributed by atoms with Crippen LogP contribution < -0.4 is 0 Å². The summed E-state index contributed by atoms with van der Waals surface area (Å²) in [5.41, 5.74) is 0. The molecule has 0 saturated carbocycles. The molecule has 0 bridgehead atoms. The molecule has 2 nitrogen and oxygen atoms in total. The Morgan fingerprint density at radius 3 is 2.40 bits per heavy atom. The Morgan fingerprint density at radius 2 is 1.87 bits per heavy atom. The standard InChI is InChI=1S/C13H28O2/c1-4-6-9-13(5-2)15-10-7-8-12(3)11-14/h12-14H,4-11H2,1-3H3. The molecule has 0 radical (unpaired) electrons. The van der Waals surface area contributed by atoms with E-state index in [0.29, 0.717) is 18.6 Å². The Labute approximate surface area is 95.0 Å². The third-order valence-electron chi connectivity index (χ3n) is 2.84. The molecule has 2 atom stereocenters. The molecule has 0 spiro atoms. The second-order valence-corrected chi connectivity index (χ2v) is 4.47. The van der Waals surface area contributed by atoms with Crippen LogP contribution in [0.25, 0.3) is 0 Å². The van der Waals surface area contributed by atoms with Crippen LogP contribution in [0.5, 0.6) is 0 Å². The molecule has 0 saturated heterocycles. The lowest BCUT2D eigenvalue weighted by Gasteiger charge is -2.16. The Balaban J connectivity index is 3.37. The van der Waals surface area contributed by atoms with Gasteiger partial charge in [0.2, 0.25) is 0 Å². The first-order chi connectivity index (χ1) is 7.24. The van der Waals surface area contributed by atoms with Crippen molar-refractivity contribution < 1.29 is 9.84 Å². The molecule has 2 unspecified atom stereocenters. The zero-order valence-electron chi connectivity index (χ0n) is 10.7. The minimum absolute atomic E-state index is 0.299. The first-order valence-corrected chi connectivity index (χ1v) is 6.47. The quantitative estimate of drug-likeness (QED) is 0.567. The highest BCUT2D eigenvalue weighted by Crippen LogP contribution is 2.10. The molecule has 0 aliphatic rings. The molecular weight excluding hydrogens is 188 g/mol. The van der Waals surface area contributed by atoms with Crippen LogP contribution in [0.4, 0.5) is 0 Å². The van der Waals surface area contributed by atoms with Crippen molar-refractivity contribution in [1.82, 2.24) is 0 Å². The number of hydrogen-bond donors (Lipinski definition) is 1. The monoisotopic (exact) mass is 216 g/mol. The normalized spacial score (nSPS) is 15.2. The predicted molar refractivity (Wildman–Crippen MR) is 65.0 cm³/mol.